The minimum Gasteiger partial charge on any atom is -0.481 e. The molecule has 0 bridgehead atoms. The topological polar surface area (TPSA) is 208 Å². The van der Waals surface area contributed by atoms with Gasteiger partial charge < -0.3 is 37.0 Å². The van der Waals surface area contributed by atoms with Crippen LogP contribution in [0.5, 0.6) is 0 Å². The third-order valence-electron chi connectivity index (χ3n) is 4.59. The van der Waals surface area contributed by atoms with E-state index in [1.165, 1.54) is 6.92 Å². The number of hydrogen-bond acceptors (Lipinski definition) is 7. The van der Waals surface area contributed by atoms with Crippen LogP contribution in [0.3, 0.4) is 0 Å². The molecule has 3 amide bonds. The predicted octanol–water partition coefficient (Wildman–Crippen LogP) is -1.59. The fourth-order valence-corrected chi connectivity index (χ4v) is 2.52. The van der Waals surface area contributed by atoms with E-state index >= 15 is 0 Å². The van der Waals surface area contributed by atoms with Gasteiger partial charge in [0.1, 0.15) is 18.1 Å². The maximum Gasteiger partial charge on any atom is 0.326 e. The van der Waals surface area contributed by atoms with Crippen molar-refractivity contribution in [2.75, 3.05) is 0 Å². The van der Waals surface area contributed by atoms with Crippen LogP contribution < -0.4 is 21.7 Å². The number of aliphatic hydroxyl groups excluding tert-OH is 1. The van der Waals surface area contributed by atoms with E-state index in [1.54, 1.807) is 27.7 Å². The number of hydrogen-bond donors (Lipinski definition) is 7. The number of carbonyl (C=O) groups is 5. The van der Waals surface area contributed by atoms with Gasteiger partial charge in [0.15, 0.2) is 0 Å². The van der Waals surface area contributed by atoms with Gasteiger partial charge in [0.25, 0.3) is 0 Å². The lowest BCUT2D eigenvalue weighted by Gasteiger charge is -2.27. The number of nitrogens with one attached hydrogen (secondary N) is 3. The van der Waals surface area contributed by atoms with Crippen molar-refractivity contribution in [1.82, 2.24) is 16.0 Å². The number of aliphatic carboxylic acids is 2. The van der Waals surface area contributed by atoms with Crippen molar-refractivity contribution >= 4 is 29.7 Å². The molecule has 0 rings (SSSR count). The lowest BCUT2D eigenvalue weighted by Crippen LogP contribution is -2.60. The first-order valence-corrected chi connectivity index (χ1v) is 9.98. The van der Waals surface area contributed by atoms with Crippen molar-refractivity contribution in [2.24, 2.45) is 17.6 Å². The Kier molecular flexibility index (Phi) is 11.7. The molecule has 0 heterocycles. The van der Waals surface area contributed by atoms with Gasteiger partial charge in [0.05, 0.1) is 12.1 Å². The predicted molar refractivity (Wildman–Crippen MR) is 110 cm³/mol. The Balaban J connectivity index is 5.49. The molecular weight excluding hydrogens is 412 g/mol. The third-order valence-corrected chi connectivity index (χ3v) is 4.59. The lowest BCUT2D eigenvalue weighted by atomic mass is 10.0. The normalized spacial score (nSPS) is 16.0. The molecule has 8 N–H and O–H groups in total. The lowest BCUT2D eigenvalue weighted by molar-refractivity contribution is -0.144. The van der Waals surface area contributed by atoms with E-state index in [0.29, 0.717) is 0 Å². The first-order valence-electron chi connectivity index (χ1n) is 9.98. The Bertz CT molecular complexity index is 665. The average molecular weight is 447 g/mol. The zero-order chi connectivity index (χ0) is 24.5. The van der Waals surface area contributed by atoms with Crippen LogP contribution >= 0.6 is 0 Å². The van der Waals surface area contributed by atoms with Gasteiger partial charge >= 0.3 is 11.9 Å². The van der Waals surface area contributed by atoms with Gasteiger partial charge in [-0.1, -0.05) is 27.7 Å². The van der Waals surface area contributed by atoms with Crippen LogP contribution in [0.25, 0.3) is 0 Å². The average Bonchev–Trinajstić information content (AvgIpc) is 2.64. The van der Waals surface area contributed by atoms with Gasteiger partial charge in [0, 0.05) is 6.42 Å². The minimum atomic E-state index is -1.53. The molecule has 0 aromatic carbocycles. The summed E-state index contributed by atoms with van der Waals surface area (Å²) in [5.74, 6) is -5.73. The summed E-state index contributed by atoms with van der Waals surface area (Å²) in [5, 5.41) is 34.9. The number of carboxylic acids is 2. The summed E-state index contributed by atoms with van der Waals surface area (Å²) >= 11 is 0. The number of nitrogens with two attached hydrogens (primary N) is 1. The Labute approximate surface area is 180 Å². The van der Waals surface area contributed by atoms with Crippen molar-refractivity contribution in [3.8, 4) is 0 Å². The molecule has 0 saturated carbocycles. The van der Waals surface area contributed by atoms with Gasteiger partial charge in [-0.15, -0.1) is 0 Å². The number of carboxylic acid groups (broad SMARTS) is 2. The zero-order valence-electron chi connectivity index (χ0n) is 18.4. The second-order valence-corrected chi connectivity index (χ2v) is 8.06. The summed E-state index contributed by atoms with van der Waals surface area (Å²) in [5.41, 5.74) is 5.75. The second kappa shape index (κ2) is 12.8. The Morgan fingerprint density at radius 1 is 0.774 bits per heavy atom. The largest absolute Gasteiger partial charge is 0.481 e. The quantitative estimate of drug-likeness (QED) is 0.174. The van der Waals surface area contributed by atoms with Crippen LogP contribution in [-0.4, -0.2) is 75.3 Å². The number of rotatable bonds is 13. The molecule has 5 unspecified atom stereocenters. The SMILES string of the molecule is CC(C)C(N)C(=O)NC(CCC(=O)O)C(=O)NC(C(=O)NC(C(=O)O)C(C)C)C(C)O. The maximum atomic E-state index is 12.7. The van der Waals surface area contributed by atoms with E-state index in [4.69, 9.17) is 10.8 Å². The van der Waals surface area contributed by atoms with E-state index in [1.807, 2.05) is 0 Å². The van der Waals surface area contributed by atoms with E-state index in [9.17, 15) is 34.2 Å². The molecule has 0 saturated heterocycles. The van der Waals surface area contributed by atoms with E-state index in [2.05, 4.69) is 16.0 Å². The van der Waals surface area contributed by atoms with E-state index in [-0.39, 0.29) is 12.3 Å². The molecule has 31 heavy (non-hydrogen) atoms. The highest BCUT2D eigenvalue weighted by molar-refractivity contribution is 5.94. The molecule has 0 fully saturated rings. The van der Waals surface area contributed by atoms with Gasteiger partial charge in [-0.2, -0.15) is 0 Å². The molecule has 0 aromatic rings. The van der Waals surface area contributed by atoms with Crippen molar-refractivity contribution in [3.63, 3.8) is 0 Å². The Hall–Kier alpha value is -2.73. The van der Waals surface area contributed by atoms with Gasteiger partial charge in [0.2, 0.25) is 17.7 Å². The standard InChI is InChI=1S/C19H34N4O8/c1-8(2)13(20)17(28)21-11(6-7-12(25)26)16(27)23-15(10(5)24)18(29)22-14(9(3)4)19(30)31/h8-11,13-15,24H,6-7,20H2,1-5H3,(H,21,28)(H,22,29)(H,23,27)(H,25,26)(H,30,31). The molecule has 12 heteroatoms. The Morgan fingerprint density at radius 2 is 1.29 bits per heavy atom. The molecule has 0 spiro atoms. The van der Waals surface area contributed by atoms with Crippen molar-refractivity contribution in [1.29, 1.82) is 0 Å². The summed E-state index contributed by atoms with van der Waals surface area (Å²) in [6.07, 6.45) is -2.13. The highest BCUT2D eigenvalue weighted by Crippen LogP contribution is 2.06. The highest BCUT2D eigenvalue weighted by Gasteiger charge is 2.33. The van der Waals surface area contributed by atoms with Crippen molar-refractivity contribution < 1.29 is 39.3 Å². The van der Waals surface area contributed by atoms with Crippen molar-refractivity contribution in [2.45, 2.75) is 77.7 Å². The van der Waals surface area contributed by atoms with Crippen LogP contribution in [0.4, 0.5) is 0 Å². The van der Waals surface area contributed by atoms with Crippen LogP contribution in [0.2, 0.25) is 0 Å². The van der Waals surface area contributed by atoms with E-state index in [0.717, 1.165) is 0 Å². The summed E-state index contributed by atoms with van der Waals surface area (Å²) in [4.78, 5) is 59.6. The van der Waals surface area contributed by atoms with Crippen LogP contribution in [0, 0.1) is 11.8 Å². The van der Waals surface area contributed by atoms with Crippen LogP contribution in [0.15, 0.2) is 0 Å². The summed E-state index contributed by atoms with van der Waals surface area (Å²) in [6, 6.07) is -5.06. The Morgan fingerprint density at radius 3 is 1.68 bits per heavy atom. The van der Waals surface area contributed by atoms with E-state index < -0.39 is 72.3 Å². The number of amides is 3. The monoisotopic (exact) mass is 446 g/mol. The second-order valence-electron chi connectivity index (χ2n) is 8.06. The van der Waals surface area contributed by atoms with Crippen molar-refractivity contribution in [3.05, 3.63) is 0 Å². The maximum absolute atomic E-state index is 12.7. The molecule has 0 radical (unpaired) electrons. The zero-order valence-corrected chi connectivity index (χ0v) is 18.4. The molecule has 0 aromatic heterocycles. The number of carbonyl (C=O) groups excluding carboxylic acids is 3. The molecule has 178 valence electrons. The molecule has 0 aliphatic rings. The van der Waals surface area contributed by atoms with Gasteiger partial charge in [-0.25, -0.2) is 4.79 Å². The molecule has 12 nitrogen and oxygen atoms in total. The van der Waals surface area contributed by atoms with Gasteiger partial charge in [-0.3, -0.25) is 19.2 Å². The fraction of sp³-hybridized carbons (Fsp3) is 0.737. The van der Waals surface area contributed by atoms with Crippen LogP contribution in [0.1, 0.15) is 47.5 Å². The fourth-order valence-electron chi connectivity index (χ4n) is 2.52. The molecule has 0 aliphatic carbocycles. The highest BCUT2D eigenvalue weighted by atomic mass is 16.4. The van der Waals surface area contributed by atoms with Gasteiger partial charge in [-0.05, 0) is 25.2 Å². The smallest absolute Gasteiger partial charge is 0.326 e. The number of aliphatic hydroxyl groups is 1. The minimum absolute atomic E-state index is 0.247. The third kappa shape index (κ3) is 9.75. The molecule has 5 atom stereocenters. The summed E-state index contributed by atoms with van der Waals surface area (Å²) in [6.45, 7) is 7.75. The van der Waals surface area contributed by atoms with Crippen LogP contribution in [-0.2, 0) is 24.0 Å². The molecular formula is C19H34N4O8. The summed E-state index contributed by atoms with van der Waals surface area (Å²) < 4.78 is 0. The summed E-state index contributed by atoms with van der Waals surface area (Å²) in [7, 11) is 0. The molecule has 0 aliphatic heterocycles. The first-order chi connectivity index (χ1) is 14.2. The first kappa shape index (κ1) is 28.3.